The van der Waals surface area contributed by atoms with Gasteiger partial charge < -0.3 is 128 Å². The number of benzene rings is 2. The molecule has 1 saturated heterocycles. The third-order valence-electron chi connectivity index (χ3n) is 18.8. The van der Waals surface area contributed by atoms with Crippen molar-refractivity contribution in [3.8, 4) is 5.75 Å². The van der Waals surface area contributed by atoms with Crippen molar-refractivity contribution in [3.63, 3.8) is 0 Å². The van der Waals surface area contributed by atoms with Gasteiger partial charge >= 0.3 is 11.9 Å². The van der Waals surface area contributed by atoms with Crippen LogP contribution in [0.2, 0.25) is 0 Å². The van der Waals surface area contributed by atoms with Crippen LogP contribution in [0.3, 0.4) is 0 Å². The number of phenols is 1. The molecule has 2 aromatic carbocycles. The first-order valence-electron chi connectivity index (χ1n) is 39.1. The monoisotopic (exact) mass is 1710 g/mol. The number of aliphatic hydroxyl groups is 2. The van der Waals surface area contributed by atoms with E-state index in [1.165, 1.54) is 43.0 Å². The van der Waals surface area contributed by atoms with Crippen molar-refractivity contribution in [2.24, 2.45) is 40.7 Å². The van der Waals surface area contributed by atoms with Crippen LogP contribution in [-0.4, -0.2) is 272 Å². The molecule has 3 rings (SSSR count). The van der Waals surface area contributed by atoms with E-state index in [-0.39, 0.29) is 70.2 Å². The summed E-state index contributed by atoms with van der Waals surface area (Å²) in [6, 6.07) is -7.19. The van der Waals surface area contributed by atoms with Crippen molar-refractivity contribution in [2.75, 3.05) is 38.5 Å². The highest BCUT2D eigenvalue weighted by Gasteiger charge is 2.41. The molecule has 0 spiro atoms. The van der Waals surface area contributed by atoms with E-state index in [1.807, 2.05) is 0 Å². The van der Waals surface area contributed by atoms with Crippen LogP contribution in [0.15, 0.2) is 54.6 Å². The lowest BCUT2D eigenvalue weighted by molar-refractivity contribution is -0.144. The Balaban J connectivity index is 1.83. The van der Waals surface area contributed by atoms with E-state index in [9.17, 15) is 112 Å². The fraction of sp³-hybridized carbons (Fsp3) is 0.592. The Morgan fingerprint density at radius 2 is 0.908 bits per heavy atom. The van der Waals surface area contributed by atoms with E-state index in [0.717, 1.165) is 13.8 Å². The number of nitrogens with zero attached hydrogens (tertiary/aromatic N) is 1. The van der Waals surface area contributed by atoms with Crippen molar-refractivity contribution in [1.82, 2.24) is 79.3 Å². The number of amides is 17. The lowest BCUT2D eigenvalue weighted by Gasteiger charge is -2.29. The second kappa shape index (κ2) is 51.6. The zero-order valence-electron chi connectivity index (χ0n) is 68.2. The van der Waals surface area contributed by atoms with Crippen LogP contribution >= 0.6 is 12.6 Å². The third-order valence-corrected chi connectivity index (χ3v) is 19.2. The molecule has 15 atom stereocenters. The van der Waals surface area contributed by atoms with E-state index in [1.54, 1.807) is 58.0 Å². The molecule has 1 heterocycles. The summed E-state index contributed by atoms with van der Waals surface area (Å²) in [7, 11) is 0. The van der Waals surface area contributed by atoms with Gasteiger partial charge in [0.25, 0.3) is 0 Å². The number of phenolic OH excluding ortho intramolecular Hbond substituents is 1. The number of rotatable bonds is 53. The maximum absolute atomic E-state index is 14.5. The quantitative estimate of drug-likeness (QED) is 0.0216. The van der Waals surface area contributed by atoms with Crippen molar-refractivity contribution in [1.29, 1.82) is 0 Å². The van der Waals surface area contributed by atoms with Crippen LogP contribution in [0.1, 0.15) is 137 Å². The Labute approximate surface area is 698 Å². The van der Waals surface area contributed by atoms with Gasteiger partial charge in [-0.3, -0.25) is 86.3 Å². The minimum atomic E-state index is -2.01. The molecular formula is C76H117N19O24S. The predicted molar refractivity (Wildman–Crippen MR) is 431 cm³/mol. The summed E-state index contributed by atoms with van der Waals surface area (Å²) in [4.78, 5) is 256. The van der Waals surface area contributed by atoms with E-state index < -0.39 is 266 Å². The molecule has 43 nitrogen and oxygen atoms in total. The highest BCUT2D eigenvalue weighted by Crippen LogP contribution is 2.19. The first kappa shape index (κ1) is 103. The first-order chi connectivity index (χ1) is 56.4. The van der Waals surface area contributed by atoms with Crippen molar-refractivity contribution in [2.45, 2.75) is 230 Å². The average molecular weight is 1710 g/mol. The standard InChI is InChI=1S/C76H117N19O24S/c1-37(2)29-48(66(108)90-52(36-120)70(112)84-45(17-12-13-27-77)64(106)87-49(30-42-15-10-9-11-16-42)68(110)93-62(40(7)96)74(116)85-47(76(118)119)24-26-59(104)105)86-67(109)51(32-55(80)100)89-75(117)63(41(8)97)94-69(111)50(31-43-19-21-44(98)22-20-43)88-73(115)61(39(5)6)91-57(102)34-81-71(113)53-18-14-28-95(53)58(103)35-82-72(114)60(38(3)4)92-65(107)46(23-25-54(79)99)83-56(101)33-78/h9-11,15-16,19-22,37-41,45-53,60-63,96-98,120H,12-14,17-18,23-36,77-78H2,1-8H3,(H2,79,99)(H2,80,100)(H,81,113)(H,82,114)(H,83,101)(H,84,112)(H,85,116)(H,86,109)(H,87,106)(H,88,115)(H,89,117)(H,90,108)(H,91,102)(H,92,107)(H,93,110)(H,94,111)(H,104,105)(H,118,119)/t40-,41-,45+,46+,47+,48+,49+,50+,51+,52+,53+,60+,61+,62+,63+/m1/s1. The number of hydrogen-bond donors (Lipinski definition) is 24. The molecular weight excluding hydrogens is 1600 g/mol. The Kier molecular flexibility index (Phi) is 44.1. The number of likely N-dealkylation sites (tertiary alicyclic amines) is 1. The molecule has 120 heavy (non-hydrogen) atoms. The van der Waals surface area contributed by atoms with Crippen molar-refractivity contribution < 1.29 is 117 Å². The van der Waals surface area contributed by atoms with Gasteiger partial charge in [-0.05, 0) is 113 Å². The topological polar surface area (TPSA) is 701 Å². The fourth-order valence-corrected chi connectivity index (χ4v) is 12.5. The summed E-state index contributed by atoms with van der Waals surface area (Å²) in [5.41, 5.74) is 22.7. The van der Waals surface area contributed by atoms with Gasteiger partial charge in [-0.1, -0.05) is 84.0 Å². The number of aromatic hydroxyl groups is 1. The molecule has 0 radical (unpaired) electrons. The predicted octanol–water partition coefficient (Wildman–Crippen LogP) is -7.55. The first-order valence-corrected chi connectivity index (χ1v) is 39.7. The van der Waals surface area contributed by atoms with Crippen molar-refractivity contribution >= 4 is 125 Å². The Hall–Kier alpha value is -11.6. The lowest BCUT2D eigenvalue weighted by atomic mass is 10.00. The van der Waals surface area contributed by atoms with Gasteiger partial charge in [0, 0.05) is 38.0 Å². The van der Waals surface area contributed by atoms with Crippen LogP contribution in [0.5, 0.6) is 5.75 Å². The van der Waals surface area contributed by atoms with E-state index in [4.69, 9.17) is 28.0 Å². The number of nitrogens with one attached hydrogen (secondary N) is 14. The minimum Gasteiger partial charge on any atom is -0.508 e. The zero-order valence-corrected chi connectivity index (χ0v) is 69.1. The number of unbranched alkanes of at least 4 members (excludes halogenated alkanes) is 1. The fourth-order valence-electron chi connectivity index (χ4n) is 12.3. The second-order valence-electron chi connectivity index (χ2n) is 30.0. The van der Waals surface area contributed by atoms with Crippen LogP contribution in [0.4, 0.5) is 0 Å². The Morgan fingerprint density at radius 3 is 1.42 bits per heavy atom. The number of carbonyl (C=O) groups is 19. The van der Waals surface area contributed by atoms with Crippen LogP contribution < -0.4 is 97.4 Å². The average Bonchev–Trinajstić information content (AvgIpc) is 1.28. The molecule has 0 unspecified atom stereocenters. The number of aliphatic carboxylic acids is 2. The molecule has 0 bridgehead atoms. The van der Waals surface area contributed by atoms with Gasteiger partial charge in [-0.2, -0.15) is 12.6 Å². The SMILES string of the molecule is CC(C)C[C@H](NC(=O)[C@H](CC(N)=O)NC(=O)[C@@H](NC(=O)[C@H](Cc1ccc(O)cc1)NC(=O)[C@@H](NC(=O)CNC(=O)[C@@H]1CCCN1C(=O)CNC(=O)[C@@H](NC(=O)[C@H](CCC(N)=O)NC(=O)CN)C(C)C)C(C)C)[C@@H](C)O)C(=O)N[C@@H](CS)C(=O)N[C@@H](CCCCN)C(=O)N[C@@H](Cc1ccccc1)C(=O)N[C@H](C(=O)N[C@@H](CCC(=O)O)C(=O)O)[C@@H](C)O. The highest BCUT2D eigenvalue weighted by atomic mass is 32.1. The molecule has 0 aromatic heterocycles. The largest absolute Gasteiger partial charge is 0.508 e. The second-order valence-corrected chi connectivity index (χ2v) is 30.4. The number of nitrogens with two attached hydrogens (primary N) is 4. The van der Waals surface area contributed by atoms with Gasteiger partial charge in [0.15, 0.2) is 0 Å². The number of thiol groups is 1. The summed E-state index contributed by atoms with van der Waals surface area (Å²) in [5, 5.41) is 84.5. The number of hydrogen-bond acceptors (Lipinski definition) is 25. The molecule has 1 fully saturated rings. The summed E-state index contributed by atoms with van der Waals surface area (Å²) >= 11 is 4.28. The number of carbonyl (C=O) groups excluding carboxylic acids is 17. The maximum atomic E-state index is 14.5. The molecule has 1 aliphatic heterocycles. The Bertz CT molecular complexity index is 3890. The summed E-state index contributed by atoms with van der Waals surface area (Å²) in [5.74, 6) is -22.0. The number of aliphatic hydroxyl groups excluding tert-OH is 2. The third kappa shape index (κ3) is 35.9. The molecule has 2 aromatic rings. The molecule has 27 N–H and O–H groups in total. The van der Waals surface area contributed by atoms with Gasteiger partial charge in [0.2, 0.25) is 100 Å². The highest BCUT2D eigenvalue weighted by molar-refractivity contribution is 7.80. The zero-order chi connectivity index (χ0) is 90.4. The lowest BCUT2D eigenvalue weighted by Crippen LogP contribution is -2.63. The molecule has 0 saturated carbocycles. The van der Waals surface area contributed by atoms with Crippen LogP contribution in [0.25, 0.3) is 0 Å². The minimum absolute atomic E-state index is 0.0676. The number of primary amides is 2. The van der Waals surface area contributed by atoms with E-state index in [2.05, 4.69) is 87.1 Å². The number of carboxylic acid groups (broad SMARTS) is 2. The van der Waals surface area contributed by atoms with Gasteiger partial charge in [-0.15, -0.1) is 0 Å². The van der Waals surface area contributed by atoms with E-state index in [0.29, 0.717) is 24.0 Å². The normalized spacial score (nSPS) is 15.9. The maximum Gasteiger partial charge on any atom is 0.326 e. The van der Waals surface area contributed by atoms with Gasteiger partial charge in [0.1, 0.15) is 84.3 Å². The van der Waals surface area contributed by atoms with Gasteiger partial charge in [0.05, 0.1) is 38.3 Å². The van der Waals surface area contributed by atoms with Gasteiger partial charge in [-0.25, -0.2) is 4.79 Å². The summed E-state index contributed by atoms with van der Waals surface area (Å²) in [6.45, 7) is 10.1. The molecule has 0 aliphatic carbocycles. The summed E-state index contributed by atoms with van der Waals surface area (Å²) in [6.07, 6.45) is -6.12. The molecule has 17 amide bonds. The van der Waals surface area contributed by atoms with Crippen molar-refractivity contribution in [3.05, 3.63) is 65.7 Å². The smallest absolute Gasteiger partial charge is 0.326 e. The Morgan fingerprint density at radius 1 is 0.458 bits per heavy atom. The molecule has 44 heteroatoms. The van der Waals surface area contributed by atoms with E-state index >= 15 is 0 Å². The van der Waals surface area contributed by atoms with Crippen LogP contribution in [-0.2, 0) is 104 Å². The summed E-state index contributed by atoms with van der Waals surface area (Å²) < 4.78 is 0. The van der Waals surface area contributed by atoms with Crippen LogP contribution in [0, 0.1) is 17.8 Å². The molecule has 1 aliphatic rings. The molecule has 666 valence electrons. The number of carboxylic acids is 2.